The third-order valence-corrected chi connectivity index (χ3v) is 5.59. The van der Waals surface area contributed by atoms with Crippen LogP contribution in [0.15, 0.2) is 35.2 Å². The number of hydrogen-bond acceptors (Lipinski definition) is 6. The SMILES string of the molecule is N#Cc1ccc(-n2nnc(C(=O)NS(=O)(=O)c3cc(Cl)c(F)cc3F)c2C(F)(F)F)c(F)c1. The van der Waals surface area contributed by atoms with Crippen molar-refractivity contribution in [3.63, 3.8) is 0 Å². The maximum atomic E-state index is 14.2. The second kappa shape index (κ2) is 8.37. The summed E-state index contributed by atoms with van der Waals surface area (Å²) in [6, 6.07) is 4.28. The normalized spacial score (nSPS) is 11.8. The van der Waals surface area contributed by atoms with E-state index in [0.717, 1.165) is 16.9 Å². The van der Waals surface area contributed by atoms with E-state index >= 15 is 0 Å². The highest BCUT2D eigenvalue weighted by Crippen LogP contribution is 2.33. The van der Waals surface area contributed by atoms with E-state index in [9.17, 15) is 39.6 Å². The predicted octanol–water partition coefficient (Wildman–Crippen LogP) is 3.35. The molecule has 0 fully saturated rings. The van der Waals surface area contributed by atoms with E-state index < -0.39 is 66.6 Å². The largest absolute Gasteiger partial charge is 0.435 e. The molecule has 172 valence electrons. The van der Waals surface area contributed by atoms with Gasteiger partial charge in [0.05, 0.1) is 16.7 Å². The number of sulfonamides is 1. The Morgan fingerprint density at radius 1 is 1.09 bits per heavy atom. The quantitative estimate of drug-likeness (QED) is 0.426. The zero-order valence-electron chi connectivity index (χ0n) is 15.5. The van der Waals surface area contributed by atoms with E-state index in [1.54, 1.807) is 6.07 Å². The molecule has 3 aromatic rings. The summed E-state index contributed by atoms with van der Waals surface area (Å²) in [4.78, 5) is 11.0. The zero-order chi connectivity index (χ0) is 24.7. The van der Waals surface area contributed by atoms with E-state index in [0.29, 0.717) is 12.1 Å². The van der Waals surface area contributed by atoms with Gasteiger partial charge < -0.3 is 0 Å². The minimum atomic E-state index is -5.40. The summed E-state index contributed by atoms with van der Waals surface area (Å²) < 4.78 is 108. The van der Waals surface area contributed by atoms with Crippen LogP contribution in [0.4, 0.5) is 26.3 Å². The Bertz CT molecular complexity index is 1430. The molecule has 0 aliphatic heterocycles. The van der Waals surface area contributed by atoms with Crippen LogP contribution in [0.3, 0.4) is 0 Å². The summed E-state index contributed by atoms with van der Waals surface area (Å²) in [5, 5.41) is 13.9. The Labute approximate surface area is 185 Å². The van der Waals surface area contributed by atoms with Crippen molar-refractivity contribution in [1.82, 2.24) is 19.7 Å². The second-order valence-corrected chi connectivity index (χ2v) is 8.16. The fraction of sp³-hybridized carbons (Fsp3) is 0.0588. The highest BCUT2D eigenvalue weighted by atomic mass is 35.5. The smallest absolute Gasteiger partial charge is 0.266 e. The van der Waals surface area contributed by atoms with Crippen molar-refractivity contribution in [1.29, 1.82) is 5.26 Å². The zero-order valence-corrected chi connectivity index (χ0v) is 17.0. The van der Waals surface area contributed by atoms with Crippen LogP contribution in [-0.4, -0.2) is 29.3 Å². The van der Waals surface area contributed by atoms with Gasteiger partial charge in [0.1, 0.15) is 28.0 Å². The molecule has 0 bridgehead atoms. The first-order chi connectivity index (χ1) is 15.3. The minimum absolute atomic E-state index is 0.0898. The van der Waals surface area contributed by atoms with Gasteiger partial charge in [0, 0.05) is 6.07 Å². The molecule has 2 aromatic carbocycles. The molecule has 0 aliphatic carbocycles. The lowest BCUT2D eigenvalue weighted by molar-refractivity contribution is -0.143. The number of alkyl halides is 3. The Morgan fingerprint density at radius 2 is 1.76 bits per heavy atom. The van der Waals surface area contributed by atoms with Gasteiger partial charge in [0.15, 0.2) is 11.4 Å². The molecular formula is C17H6ClF6N5O3S. The van der Waals surface area contributed by atoms with Crippen molar-refractivity contribution >= 4 is 27.5 Å². The first kappa shape index (κ1) is 24.0. The monoisotopic (exact) mass is 509 g/mol. The van der Waals surface area contributed by atoms with E-state index in [2.05, 4.69) is 10.3 Å². The number of nitrogens with zero attached hydrogens (tertiary/aromatic N) is 4. The molecule has 1 N–H and O–H groups in total. The second-order valence-electron chi connectivity index (χ2n) is 6.11. The van der Waals surface area contributed by atoms with Crippen molar-refractivity contribution in [3.8, 4) is 11.8 Å². The summed E-state index contributed by atoms with van der Waals surface area (Å²) in [6.07, 6.45) is -5.40. The van der Waals surface area contributed by atoms with Gasteiger partial charge in [0.25, 0.3) is 15.9 Å². The number of amides is 1. The van der Waals surface area contributed by atoms with Gasteiger partial charge >= 0.3 is 6.18 Å². The number of nitriles is 1. The molecule has 0 spiro atoms. The number of nitrogens with one attached hydrogen (secondary N) is 1. The van der Waals surface area contributed by atoms with E-state index in [1.165, 1.54) is 0 Å². The van der Waals surface area contributed by atoms with Gasteiger partial charge in [-0.25, -0.2) is 31.0 Å². The van der Waals surface area contributed by atoms with Gasteiger partial charge in [-0.2, -0.15) is 18.4 Å². The molecule has 1 amide bonds. The van der Waals surface area contributed by atoms with Crippen LogP contribution in [-0.2, 0) is 16.2 Å². The van der Waals surface area contributed by atoms with Crippen LogP contribution in [0.5, 0.6) is 0 Å². The van der Waals surface area contributed by atoms with Crippen LogP contribution in [0.25, 0.3) is 5.69 Å². The van der Waals surface area contributed by atoms with Gasteiger partial charge in [-0.05, 0) is 24.3 Å². The first-order valence-electron chi connectivity index (χ1n) is 8.21. The molecule has 0 saturated heterocycles. The van der Waals surface area contributed by atoms with Gasteiger partial charge in [0.2, 0.25) is 0 Å². The molecule has 0 saturated carbocycles. The maximum Gasteiger partial charge on any atom is 0.435 e. The molecule has 33 heavy (non-hydrogen) atoms. The lowest BCUT2D eigenvalue weighted by atomic mass is 10.2. The van der Waals surface area contributed by atoms with Crippen LogP contribution in [0.1, 0.15) is 21.7 Å². The standard InChI is InChI=1S/C17H6ClF6N5O3S/c18-8-4-13(11(21)5-9(8)19)33(31,32)27-16(30)14-15(17(22,23)24)29(28-26-14)12-2-1-7(6-25)3-10(12)20/h1-5H,(H,27,30). The van der Waals surface area contributed by atoms with Crippen molar-refractivity contribution in [2.24, 2.45) is 0 Å². The molecule has 3 rings (SSSR count). The molecule has 0 radical (unpaired) electrons. The minimum Gasteiger partial charge on any atom is -0.266 e. The van der Waals surface area contributed by atoms with E-state index in [4.69, 9.17) is 16.9 Å². The fourth-order valence-electron chi connectivity index (χ4n) is 2.54. The predicted molar refractivity (Wildman–Crippen MR) is 97.1 cm³/mol. The summed E-state index contributed by atoms with van der Waals surface area (Å²) in [5.41, 5.74) is -4.64. The molecule has 1 aromatic heterocycles. The Kier molecular flexibility index (Phi) is 6.09. The Balaban J connectivity index is 2.08. The lowest BCUT2D eigenvalue weighted by Gasteiger charge is -2.12. The average Bonchev–Trinajstić information content (AvgIpc) is 3.15. The molecule has 0 aliphatic rings. The average molecular weight is 510 g/mol. The summed E-state index contributed by atoms with van der Waals surface area (Å²) in [6.45, 7) is 0. The number of carbonyl (C=O) groups excluding carboxylic acids is 1. The van der Waals surface area contributed by atoms with Crippen LogP contribution < -0.4 is 4.72 Å². The van der Waals surface area contributed by atoms with Crippen molar-refractivity contribution in [2.45, 2.75) is 11.1 Å². The summed E-state index contributed by atoms with van der Waals surface area (Å²) in [5.74, 6) is -6.34. The first-order valence-corrected chi connectivity index (χ1v) is 10.1. The van der Waals surface area contributed by atoms with Crippen LogP contribution >= 0.6 is 11.6 Å². The Morgan fingerprint density at radius 3 is 2.33 bits per heavy atom. The molecule has 8 nitrogen and oxygen atoms in total. The van der Waals surface area contributed by atoms with Crippen LogP contribution in [0.2, 0.25) is 5.02 Å². The number of benzene rings is 2. The van der Waals surface area contributed by atoms with Gasteiger partial charge in [-0.15, -0.1) is 5.10 Å². The highest BCUT2D eigenvalue weighted by molar-refractivity contribution is 7.90. The Hall–Kier alpha value is -3.64. The third-order valence-electron chi connectivity index (χ3n) is 3.95. The molecule has 0 atom stereocenters. The molecular weight excluding hydrogens is 504 g/mol. The number of halogens is 7. The molecule has 1 heterocycles. The van der Waals surface area contributed by atoms with E-state index in [-0.39, 0.29) is 16.3 Å². The third kappa shape index (κ3) is 4.61. The van der Waals surface area contributed by atoms with Gasteiger partial charge in [-0.3, -0.25) is 4.79 Å². The number of carbonyl (C=O) groups is 1. The number of aromatic nitrogens is 3. The van der Waals surface area contributed by atoms with Gasteiger partial charge in [-0.1, -0.05) is 16.8 Å². The maximum absolute atomic E-state index is 14.2. The van der Waals surface area contributed by atoms with Crippen LogP contribution in [0, 0.1) is 28.8 Å². The summed E-state index contributed by atoms with van der Waals surface area (Å²) in [7, 11) is -5.19. The summed E-state index contributed by atoms with van der Waals surface area (Å²) >= 11 is 5.39. The highest BCUT2D eigenvalue weighted by Gasteiger charge is 2.43. The lowest BCUT2D eigenvalue weighted by Crippen LogP contribution is -2.33. The van der Waals surface area contributed by atoms with Crippen molar-refractivity contribution < 1.29 is 39.6 Å². The van der Waals surface area contributed by atoms with E-state index in [1.807, 2.05) is 0 Å². The number of hydrogen-bond donors (Lipinski definition) is 1. The van der Waals surface area contributed by atoms with Crippen molar-refractivity contribution in [3.05, 3.63) is 69.8 Å². The van der Waals surface area contributed by atoms with Crippen molar-refractivity contribution in [2.75, 3.05) is 0 Å². The molecule has 0 unspecified atom stereocenters. The fourth-order valence-corrected chi connectivity index (χ4v) is 3.81. The number of rotatable bonds is 4. The molecule has 16 heteroatoms. The topological polar surface area (TPSA) is 118 Å².